The van der Waals surface area contributed by atoms with Crippen molar-refractivity contribution in [1.82, 2.24) is 9.97 Å². The molecule has 0 saturated carbocycles. The highest BCUT2D eigenvalue weighted by molar-refractivity contribution is 6.04. The molecule has 126 valence electrons. The van der Waals surface area contributed by atoms with Gasteiger partial charge in [0, 0.05) is 17.8 Å². The van der Waals surface area contributed by atoms with E-state index in [2.05, 4.69) is 15.3 Å². The molecule has 2 N–H and O–H groups in total. The molecule has 2 aromatic rings. The molecule has 0 radical (unpaired) electrons. The molecule has 0 aliphatic heterocycles. The van der Waals surface area contributed by atoms with E-state index in [1.807, 2.05) is 26.8 Å². The van der Waals surface area contributed by atoms with E-state index in [-0.39, 0.29) is 11.8 Å². The zero-order chi connectivity index (χ0) is 17.7. The van der Waals surface area contributed by atoms with E-state index < -0.39 is 0 Å². The second-order valence-electron chi connectivity index (χ2n) is 5.65. The fraction of sp³-hybridized carbons (Fsp3) is 0.333. The lowest BCUT2D eigenvalue weighted by atomic mass is 10.0. The standard InChI is InChI=1S/C18H22N4O2/c1-5-24-18-14(7-6-8-20-18)15-9-13(10-23)17(21-11(2)3)16(22-15)12(4)19/h6-11,19,21H,5H2,1-4H3. The van der Waals surface area contributed by atoms with Crippen LogP contribution in [0.4, 0.5) is 5.69 Å². The Kier molecular flexibility index (Phi) is 5.63. The first kappa shape index (κ1) is 17.6. The van der Waals surface area contributed by atoms with Gasteiger partial charge in [-0.25, -0.2) is 9.97 Å². The van der Waals surface area contributed by atoms with Crippen LogP contribution in [0.3, 0.4) is 0 Å². The highest BCUT2D eigenvalue weighted by Gasteiger charge is 2.18. The summed E-state index contributed by atoms with van der Waals surface area (Å²) in [5.41, 5.74) is 3.03. The van der Waals surface area contributed by atoms with Gasteiger partial charge in [-0.3, -0.25) is 4.79 Å². The molecule has 0 fully saturated rings. The Labute approximate surface area is 141 Å². The summed E-state index contributed by atoms with van der Waals surface area (Å²) >= 11 is 0. The van der Waals surface area contributed by atoms with Gasteiger partial charge in [0.25, 0.3) is 0 Å². The third-order valence-electron chi connectivity index (χ3n) is 3.29. The van der Waals surface area contributed by atoms with E-state index in [1.165, 1.54) is 0 Å². The van der Waals surface area contributed by atoms with Crippen LogP contribution in [-0.4, -0.2) is 34.6 Å². The zero-order valence-electron chi connectivity index (χ0n) is 14.4. The minimum atomic E-state index is 0.117. The van der Waals surface area contributed by atoms with Crippen LogP contribution in [-0.2, 0) is 0 Å². The SMILES string of the molecule is CCOc1ncccc1-c1cc(C=O)c(NC(C)C)c(C(C)=N)n1. The van der Waals surface area contributed by atoms with Crippen molar-refractivity contribution >= 4 is 17.7 Å². The molecule has 0 atom stereocenters. The number of carbonyl (C=O) groups is 1. The normalized spacial score (nSPS) is 10.5. The van der Waals surface area contributed by atoms with Crippen LogP contribution in [0.5, 0.6) is 5.88 Å². The summed E-state index contributed by atoms with van der Waals surface area (Å²) in [6, 6.07) is 5.45. The lowest BCUT2D eigenvalue weighted by Gasteiger charge is -2.18. The molecule has 2 heterocycles. The summed E-state index contributed by atoms with van der Waals surface area (Å²) < 4.78 is 5.55. The molecule has 6 heteroatoms. The molecular formula is C18H22N4O2. The van der Waals surface area contributed by atoms with Crippen LogP contribution in [0.25, 0.3) is 11.3 Å². The van der Waals surface area contributed by atoms with Gasteiger partial charge in [-0.1, -0.05) is 0 Å². The number of anilines is 1. The Morgan fingerprint density at radius 1 is 1.46 bits per heavy atom. The predicted octanol–water partition coefficient (Wildman–Crippen LogP) is 3.56. The van der Waals surface area contributed by atoms with Crippen molar-refractivity contribution in [2.45, 2.75) is 33.7 Å². The molecule has 0 aromatic carbocycles. The van der Waals surface area contributed by atoms with E-state index in [9.17, 15) is 4.79 Å². The van der Waals surface area contributed by atoms with Crippen molar-refractivity contribution in [3.63, 3.8) is 0 Å². The fourth-order valence-corrected chi connectivity index (χ4v) is 2.34. The molecule has 6 nitrogen and oxygen atoms in total. The third kappa shape index (κ3) is 3.76. The van der Waals surface area contributed by atoms with Gasteiger partial charge in [-0.05, 0) is 45.9 Å². The van der Waals surface area contributed by atoms with Crippen molar-refractivity contribution < 1.29 is 9.53 Å². The maximum Gasteiger partial charge on any atom is 0.222 e. The van der Waals surface area contributed by atoms with Gasteiger partial charge in [0.2, 0.25) is 5.88 Å². The Hall–Kier alpha value is -2.76. The number of nitrogens with one attached hydrogen (secondary N) is 2. The van der Waals surface area contributed by atoms with Gasteiger partial charge in [0.1, 0.15) is 5.69 Å². The van der Waals surface area contributed by atoms with Gasteiger partial charge >= 0.3 is 0 Å². The molecule has 2 rings (SSSR count). The van der Waals surface area contributed by atoms with Crippen molar-refractivity contribution in [1.29, 1.82) is 5.41 Å². The minimum Gasteiger partial charge on any atom is -0.477 e. The van der Waals surface area contributed by atoms with E-state index >= 15 is 0 Å². The zero-order valence-corrected chi connectivity index (χ0v) is 14.4. The summed E-state index contributed by atoms with van der Waals surface area (Å²) in [6.45, 7) is 7.96. The van der Waals surface area contributed by atoms with E-state index in [0.29, 0.717) is 40.7 Å². The van der Waals surface area contributed by atoms with Crippen molar-refractivity contribution in [2.75, 3.05) is 11.9 Å². The summed E-state index contributed by atoms with van der Waals surface area (Å²) in [5, 5.41) is 11.2. The largest absolute Gasteiger partial charge is 0.477 e. The van der Waals surface area contributed by atoms with Crippen LogP contribution < -0.4 is 10.1 Å². The predicted molar refractivity (Wildman–Crippen MR) is 95.3 cm³/mol. The summed E-state index contributed by atoms with van der Waals surface area (Å²) in [7, 11) is 0. The first-order valence-corrected chi connectivity index (χ1v) is 7.88. The Morgan fingerprint density at radius 2 is 2.21 bits per heavy atom. The van der Waals surface area contributed by atoms with Gasteiger partial charge < -0.3 is 15.5 Å². The van der Waals surface area contributed by atoms with Crippen LogP contribution in [0.1, 0.15) is 43.7 Å². The molecule has 0 saturated heterocycles. The highest BCUT2D eigenvalue weighted by atomic mass is 16.5. The van der Waals surface area contributed by atoms with Crippen LogP contribution in [0, 0.1) is 5.41 Å². The smallest absolute Gasteiger partial charge is 0.222 e. The molecule has 0 amide bonds. The first-order valence-electron chi connectivity index (χ1n) is 7.88. The number of aromatic nitrogens is 2. The summed E-state index contributed by atoms with van der Waals surface area (Å²) in [6.07, 6.45) is 2.42. The topological polar surface area (TPSA) is 88.0 Å². The number of aldehydes is 1. The Bertz CT molecular complexity index is 757. The van der Waals surface area contributed by atoms with Crippen LogP contribution >= 0.6 is 0 Å². The first-order chi connectivity index (χ1) is 11.5. The van der Waals surface area contributed by atoms with E-state index in [0.717, 1.165) is 6.29 Å². The quantitative estimate of drug-likeness (QED) is 0.600. The molecule has 0 spiro atoms. The molecule has 0 aliphatic carbocycles. The molecule has 24 heavy (non-hydrogen) atoms. The van der Waals surface area contributed by atoms with Crippen molar-refractivity contribution in [3.05, 3.63) is 35.7 Å². The van der Waals surface area contributed by atoms with Crippen molar-refractivity contribution in [3.8, 4) is 17.1 Å². The minimum absolute atomic E-state index is 0.117. The van der Waals surface area contributed by atoms with Gasteiger partial charge in [-0.2, -0.15) is 0 Å². The summed E-state index contributed by atoms with van der Waals surface area (Å²) in [5.74, 6) is 0.461. The van der Waals surface area contributed by atoms with Gasteiger partial charge in [0.05, 0.1) is 29.3 Å². The molecular weight excluding hydrogens is 304 g/mol. The highest BCUT2D eigenvalue weighted by Crippen LogP contribution is 2.30. The lowest BCUT2D eigenvalue weighted by molar-refractivity contribution is 0.112. The maximum absolute atomic E-state index is 11.6. The second kappa shape index (κ2) is 7.68. The van der Waals surface area contributed by atoms with E-state index in [1.54, 1.807) is 25.3 Å². The number of nitrogens with zero attached hydrogens (tertiary/aromatic N) is 2. The Balaban J connectivity index is 2.67. The second-order valence-corrected chi connectivity index (χ2v) is 5.65. The van der Waals surface area contributed by atoms with E-state index in [4.69, 9.17) is 10.1 Å². The Morgan fingerprint density at radius 3 is 2.79 bits per heavy atom. The van der Waals surface area contributed by atoms with Gasteiger partial charge in [0.15, 0.2) is 6.29 Å². The molecule has 0 aliphatic rings. The average Bonchev–Trinajstić information content (AvgIpc) is 2.55. The number of hydrogen-bond acceptors (Lipinski definition) is 6. The fourth-order valence-electron chi connectivity index (χ4n) is 2.34. The lowest BCUT2D eigenvalue weighted by Crippen LogP contribution is -2.16. The number of hydrogen-bond donors (Lipinski definition) is 2. The number of pyridine rings is 2. The van der Waals surface area contributed by atoms with Crippen LogP contribution in [0.2, 0.25) is 0 Å². The monoisotopic (exact) mass is 326 g/mol. The maximum atomic E-state index is 11.6. The summed E-state index contributed by atoms with van der Waals surface area (Å²) in [4.78, 5) is 20.4. The average molecular weight is 326 g/mol. The molecule has 0 bridgehead atoms. The molecule has 0 unspecified atom stereocenters. The third-order valence-corrected chi connectivity index (χ3v) is 3.29. The van der Waals surface area contributed by atoms with Crippen molar-refractivity contribution in [2.24, 2.45) is 0 Å². The number of rotatable bonds is 7. The molecule has 2 aromatic heterocycles. The number of carbonyl (C=O) groups excluding carboxylic acids is 1. The van der Waals surface area contributed by atoms with Crippen LogP contribution in [0.15, 0.2) is 24.4 Å². The van der Waals surface area contributed by atoms with Gasteiger partial charge in [-0.15, -0.1) is 0 Å². The number of ether oxygens (including phenoxy) is 1.